The van der Waals surface area contributed by atoms with E-state index in [1.165, 1.54) is 21.5 Å². The van der Waals surface area contributed by atoms with Gasteiger partial charge in [0.2, 0.25) is 0 Å². The predicted octanol–water partition coefficient (Wildman–Crippen LogP) is 11.6. The highest BCUT2D eigenvalue weighted by atomic mass is 15.0. The van der Waals surface area contributed by atoms with Crippen LogP contribution in [0.25, 0.3) is 82.1 Å². The summed E-state index contributed by atoms with van der Waals surface area (Å²) in [6.07, 6.45) is 0. The van der Waals surface area contributed by atoms with Gasteiger partial charge < -0.3 is 9.13 Å². The molecule has 7 aromatic carbocycles. The third-order valence-electron chi connectivity index (χ3n) is 9.41. The number of hydrogen-bond acceptors (Lipinski definition) is 1. The number of benzene rings is 7. The first-order valence-corrected chi connectivity index (χ1v) is 15.9. The summed E-state index contributed by atoms with van der Waals surface area (Å²) in [4.78, 5) is 3.92. The molecule has 0 bridgehead atoms. The molecule has 0 amide bonds. The van der Waals surface area contributed by atoms with Crippen molar-refractivity contribution < 1.29 is 0 Å². The minimum Gasteiger partial charge on any atom is -0.309 e. The highest BCUT2D eigenvalue weighted by Gasteiger charge is 2.16. The van der Waals surface area contributed by atoms with E-state index in [0.29, 0.717) is 11.3 Å². The molecule has 4 heteroatoms. The highest BCUT2D eigenvalue weighted by Crippen LogP contribution is 2.39. The first-order chi connectivity index (χ1) is 23.7. The molecule has 9 aromatic rings. The second kappa shape index (κ2) is 10.9. The lowest BCUT2D eigenvalue weighted by molar-refractivity contribution is 1.18. The van der Waals surface area contributed by atoms with Crippen molar-refractivity contribution in [1.29, 1.82) is 5.26 Å². The number of fused-ring (bicyclic) bond motifs is 6. The van der Waals surface area contributed by atoms with Crippen LogP contribution in [-0.4, -0.2) is 9.13 Å². The summed E-state index contributed by atoms with van der Waals surface area (Å²) < 4.78 is 4.55. The summed E-state index contributed by atoms with van der Waals surface area (Å²) in [6.45, 7) is 8.07. The molecule has 0 radical (unpaired) electrons. The lowest BCUT2D eigenvalue weighted by Gasteiger charge is -2.13. The summed E-state index contributed by atoms with van der Waals surface area (Å²) in [5, 5.41) is 15.1. The smallest absolute Gasteiger partial charge is 0.195 e. The molecule has 0 spiro atoms. The molecule has 222 valence electrons. The van der Waals surface area contributed by atoms with Gasteiger partial charge in [-0.05, 0) is 82.9 Å². The summed E-state index contributed by atoms with van der Waals surface area (Å²) >= 11 is 0. The molecule has 2 aromatic heterocycles. The highest BCUT2D eigenvalue weighted by molar-refractivity contribution is 6.10. The Hall–Kier alpha value is -6.88. The molecule has 2 heterocycles. The van der Waals surface area contributed by atoms with E-state index in [1.54, 1.807) is 0 Å². The zero-order chi connectivity index (χ0) is 32.2. The van der Waals surface area contributed by atoms with Gasteiger partial charge in [-0.2, -0.15) is 5.26 Å². The van der Waals surface area contributed by atoms with Crippen molar-refractivity contribution in [3.63, 3.8) is 0 Å². The topological polar surface area (TPSA) is 38.0 Å². The number of para-hydroxylation sites is 4. The Balaban J connectivity index is 1.10. The Morgan fingerprint density at radius 3 is 1.21 bits per heavy atom. The molecule has 4 nitrogen and oxygen atoms in total. The van der Waals surface area contributed by atoms with E-state index >= 15 is 0 Å². The molecular formula is C44H26N4. The van der Waals surface area contributed by atoms with Crippen LogP contribution >= 0.6 is 0 Å². The van der Waals surface area contributed by atoms with Crippen molar-refractivity contribution in [2.24, 2.45) is 0 Å². The number of aromatic nitrogens is 2. The van der Waals surface area contributed by atoms with Gasteiger partial charge in [0, 0.05) is 32.9 Å². The van der Waals surface area contributed by atoms with Gasteiger partial charge in [-0.1, -0.05) is 97.1 Å². The number of nitriles is 1. The van der Waals surface area contributed by atoms with Crippen LogP contribution in [0.3, 0.4) is 0 Å². The summed E-state index contributed by atoms with van der Waals surface area (Å²) in [6, 6.07) is 56.5. The zero-order valence-corrected chi connectivity index (χ0v) is 25.8. The fourth-order valence-corrected chi connectivity index (χ4v) is 7.22. The monoisotopic (exact) mass is 610 g/mol. The fraction of sp³-hybridized carbons (Fsp3) is 0. The average Bonchev–Trinajstić information content (AvgIpc) is 3.68. The third kappa shape index (κ3) is 4.14. The van der Waals surface area contributed by atoms with Gasteiger partial charge in [-0.15, -0.1) is 0 Å². The third-order valence-corrected chi connectivity index (χ3v) is 9.41. The molecule has 0 unspecified atom stereocenters. The average molecular weight is 611 g/mol. The largest absolute Gasteiger partial charge is 0.309 e. The van der Waals surface area contributed by atoms with E-state index in [-0.39, 0.29) is 0 Å². The fourth-order valence-electron chi connectivity index (χ4n) is 7.22. The normalized spacial score (nSPS) is 11.3. The molecular weight excluding hydrogens is 585 g/mol. The van der Waals surface area contributed by atoms with Gasteiger partial charge in [-0.3, -0.25) is 0 Å². The van der Waals surface area contributed by atoms with Crippen LogP contribution in [0.15, 0.2) is 158 Å². The van der Waals surface area contributed by atoms with Gasteiger partial charge in [0.05, 0.1) is 40.3 Å². The van der Waals surface area contributed by atoms with Gasteiger partial charge in [0.15, 0.2) is 5.69 Å². The molecule has 0 saturated heterocycles. The maximum Gasteiger partial charge on any atom is 0.195 e. The van der Waals surface area contributed by atoms with Gasteiger partial charge in [-0.25, -0.2) is 4.85 Å². The van der Waals surface area contributed by atoms with E-state index in [4.69, 9.17) is 6.57 Å². The quantitative estimate of drug-likeness (QED) is 0.183. The van der Waals surface area contributed by atoms with Gasteiger partial charge >= 0.3 is 0 Å². The summed E-state index contributed by atoms with van der Waals surface area (Å²) in [5.74, 6) is 0. The number of hydrogen-bond donors (Lipinski definition) is 0. The van der Waals surface area contributed by atoms with Gasteiger partial charge in [0.25, 0.3) is 0 Å². The minimum absolute atomic E-state index is 0.514. The van der Waals surface area contributed by atoms with Crippen LogP contribution in [0.1, 0.15) is 5.56 Å². The van der Waals surface area contributed by atoms with Crippen LogP contribution in [-0.2, 0) is 0 Å². The molecule has 0 atom stereocenters. The molecule has 0 N–H and O–H groups in total. The Morgan fingerprint density at radius 1 is 0.458 bits per heavy atom. The first kappa shape index (κ1) is 27.4. The van der Waals surface area contributed by atoms with Crippen molar-refractivity contribution in [2.45, 2.75) is 0 Å². The standard InChI is InChI=1S/C44H26N4/c1-46-40-27-38(29-18-22-32(23-19-29)47-41-14-6-2-10-34(41)35-11-3-7-15-42(35)47)31(28-45)26-39(40)30-20-24-33(25-21-30)48-43-16-8-4-12-36(43)37-13-5-9-17-44(37)48/h2-27H. The van der Waals surface area contributed by atoms with Crippen LogP contribution in [0.5, 0.6) is 0 Å². The molecule has 48 heavy (non-hydrogen) atoms. The Kier molecular flexibility index (Phi) is 6.22. The molecule has 0 aliphatic rings. The van der Waals surface area contributed by atoms with E-state index in [0.717, 1.165) is 55.7 Å². The van der Waals surface area contributed by atoms with Crippen molar-refractivity contribution in [2.75, 3.05) is 0 Å². The van der Waals surface area contributed by atoms with Crippen LogP contribution in [0.2, 0.25) is 0 Å². The summed E-state index contributed by atoms with van der Waals surface area (Å²) in [5.41, 5.74) is 11.0. The van der Waals surface area contributed by atoms with Crippen LogP contribution < -0.4 is 0 Å². The Morgan fingerprint density at radius 2 is 0.833 bits per heavy atom. The predicted molar refractivity (Wildman–Crippen MR) is 197 cm³/mol. The van der Waals surface area contributed by atoms with Crippen LogP contribution in [0.4, 0.5) is 5.69 Å². The zero-order valence-electron chi connectivity index (χ0n) is 25.8. The van der Waals surface area contributed by atoms with Crippen LogP contribution in [0, 0.1) is 17.9 Å². The molecule has 9 rings (SSSR count). The molecule has 0 saturated carbocycles. The molecule has 0 aliphatic carbocycles. The van der Waals surface area contributed by atoms with E-state index in [9.17, 15) is 5.26 Å². The Labute approximate surface area is 277 Å². The molecule has 0 fully saturated rings. The maximum atomic E-state index is 10.3. The van der Waals surface area contributed by atoms with Crippen molar-refractivity contribution >= 4 is 49.3 Å². The second-order valence-electron chi connectivity index (χ2n) is 12.0. The van der Waals surface area contributed by atoms with Gasteiger partial charge in [0.1, 0.15) is 0 Å². The summed E-state index contributed by atoms with van der Waals surface area (Å²) in [7, 11) is 0. The van der Waals surface area contributed by atoms with E-state index < -0.39 is 0 Å². The SMILES string of the molecule is [C-]#[N+]c1cc(-c2ccc(-n3c4ccccc4c4ccccc43)cc2)c(C#N)cc1-c1ccc(-n2c3ccccc3c3ccccc32)cc1. The Bertz CT molecular complexity index is 2480. The molecule has 0 aliphatic heterocycles. The lowest BCUT2D eigenvalue weighted by Crippen LogP contribution is -1.95. The van der Waals surface area contributed by atoms with E-state index in [2.05, 4.69) is 141 Å². The number of nitrogens with zero attached hydrogens (tertiary/aromatic N) is 4. The second-order valence-corrected chi connectivity index (χ2v) is 12.0. The van der Waals surface area contributed by atoms with E-state index in [1.807, 2.05) is 36.4 Å². The number of rotatable bonds is 4. The van der Waals surface area contributed by atoms with Crippen molar-refractivity contribution in [1.82, 2.24) is 9.13 Å². The first-order valence-electron chi connectivity index (χ1n) is 15.9. The maximum absolute atomic E-state index is 10.3. The lowest BCUT2D eigenvalue weighted by atomic mass is 9.93. The van der Waals surface area contributed by atoms with Crippen molar-refractivity contribution in [3.05, 3.63) is 175 Å². The minimum atomic E-state index is 0.514. The van der Waals surface area contributed by atoms with Crippen molar-refractivity contribution in [3.8, 4) is 39.7 Å².